The summed E-state index contributed by atoms with van der Waals surface area (Å²) in [7, 11) is 0. The topological polar surface area (TPSA) is 21.7 Å². The molecule has 0 spiro atoms. The van der Waals surface area contributed by atoms with Gasteiger partial charge in [0.2, 0.25) is 0 Å². The molecule has 1 saturated heterocycles. The minimum Gasteiger partial charge on any atom is -0.495 e. The molecule has 5 rings (SSSR count). The van der Waals surface area contributed by atoms with Crippen molar-refractivity contribution in [2.75, 3.05) is 19.7 Å². The van der Waals surface area contributed by atoms with Crippen LogP contribution >= 0.6 is 0 Å². The summed E-state index contributed by atoms with van der Waals surface area (Å²) in [4.78, 5) is 2.46. The van der Waals surface area contributed by atoms with Crippen molar-refractivity contribution in [1.82, 2.24) is 4.90 Å². The van der Waals surface area contributed by atoms with Crippen molar-refractivity contribution in [3.63, 3.8) is 0 Å². The van der Waals surface area contributed by atoms with Crippen LogP contribution in [0.15, 0.2) is 121 Å². The summed E-state index contributed by atoms with van der Waals surface area (Å²) in [5.41, 5.74) is 4.86. The van der Waals surface area contributed by atoms with Crippen LogP contribution in [0.25, 0.3) is 5.57 Å². The van der Waals surface area contributed by atoms with Crippen LogP contribution in [0.3, 0.4) is 0 Å². The Morgan fingerprint density at radius 2 is 1.38 bits per heavy atom. The lowest BCUT2D eigenvalue weighted by atomic mass is 9.95. The Balaban J connectivity index is 1.45. The Kier molecular flexibility index (Phi) is 7.03. The monoisotopic (exact) mass is 447 g/mol. The molecule has 34 heavy (non-hydrogen) atoms. The maximum absolute atomic E-state index is 6.29. The van der Waals surface area contributed by atoms with Gasteiger partial charge in [0.05, 0.1) is 6.54 Å². The fourth-order valence-electron chi connectivity index (χ4n) is 4.34. The van der Waals surface area contributed by atoms with E-state index in [1.165, 1.54) is 16.7 Å². The molecular weight excluding hydrogens is 418 g/mol. The number of para-hydroxylation sites is 2. The number of hydrogen-bond acceptors (Lipinski definition) is 3. The Hall–Kier alpha value is -3.82. The molecule has 170 valence electrons. The minimum atomic E-state index is 0.695. The first kappa shape index (κ1) is 22.0. The lowest BCUT2D eigenvalue weighted by Gasteiger charge is -2.31. The van der Waals surface area contributed by atoms with Gasteiger partial charge in [-0.2, -0.15) is 0 Å². The lowest BCUT2D eigenvalue weighted by Crippen LogP contribution is -2.35. The maximum Gasteiger partial charge on any atom is 0.130 e. The highest BCUT2D eigenvalue weighted by atomic mass is 16.5. The average Bonchev–Trinajstić information content (AvgIpc) is 2.90. The number of ether oxygens (including phenoxy) is 2. The smallest absolute Gasteiger partial charge is 0.130 e. The van der Waals surface area contributed by atoms with Crippen LogP contribution < -0.4 is 4.74 Å². The summed E-state index contributed by atoms with van der Waals surface area (Å²) in [6.45, 7) is 3.33. The van der Waals surface area contributed by atoms with Gasteiger partial charge in [-0.15, -0.1) is 0 Å². The first-order valence-electron chi connectivity index (χ1n) is 11.8. The standard InChI is InChI=1S/C31H29NO2/c1-4-12-25(13-5-1)23-32-20-21-33-31(24-32)29(26-14-6-2-7-15-26)22-27-16-10-11-19-30(27)34-28-17-8-3-9-18-28/h1-19H,20-24H2. The second-order valence-corrected chi connectivity index (χ2v) is 8.51. The fourth-order valence-corrected chi connectivity index (χ4v) is 4.34. The summed E-state index contributed by atoms with van der Waals surface area (Å²) >= 11 is 0. The van der Waals surface area contributed by atoms with Gasteiger partial charge in [0.25, 0.3) is 0 Å². The molecule has 1 fully saturated rings. The SMILES string of the molecule is c1ccc(CN2CCOC(=C(Cc3ccccc3Oc3ccccc3)c3ccccc3)C2)cc1. The van der Waals surface area contributed by atoms with Gasteiger partial charge >= 0.3 is 0 Å². The van der Waals surface area contributed by atoms with E-state index >= 15 is 0 Å². The van der Waals surface area contributed by atoms with Crippen LogP contribution in [0.5, 0.6) is 11.5 Å². The molecule has 1 aliphatic rings. The van der Waals surface area contributed by atoms with E-state index < -0.39 is 0 Å². The number of hydrogen-bond donors (Lipinski definition) is 0. The molecule has 0 aromatic heterocycles. The third-order valence-electron chi connectivity index (χ3n) is 6.07. The largest absolute Gasteiger partial charge is 0.495 e. The van der Waals surface area contributed by atoms with Gasteiger partial charge < -0.3 is 9.47 Å². The van der Waals surface area contributed by atoms with Crippen LogP contribution in [0, 0.1) is 0 Å². The van der Waals surface area contributed by atoms with Crippen molar-refractivity contribution in [1.29, 1.82) is 0 Å². The normalized spacial score (nSPS) is 15.4. The van der Waals surface area contributed by atoms with Crippen molar-refractivity contribution >= 4 is 5.57 Å². The molecule has 4 aromatic rings. The molecular formula is C31H29NO2. The summed E-state index contributed by atoms with van der Waals surface area (Å²) in [5, 5.41) is 0. The molecule has 0 amide bonds. The first-order chi connectivity index (χ1) is 16.8. The molecule has 0 N–H and O–H groups in total. The van der Waals surface area contributed by atoms with E-state index in [9.17, 15) is 0 Å². The number of allylic oxidation sites excluding steroid dienone is 1. The number of nitrogens with zero attached hydrogens (tertiary/aromatic N) is 1. The van der Waals surface area contributed by atoms with Gasteiger partial charge in [0.15, 0.2) is 0 Å². The van der Waals surface area contributed by atoms with Gasteiger partial charge in [-0.25, -0.2) is 0 Å². The highest BCUT2D eigenvalue weighted by molar-refractivity contribution is 5.71. The molecule has 3 nitrogen and oxygen atoms in total. The molecule has 0 saturated carbocycles. The van der Waals surface area contributed by atoms with Crippen molar-refractivity contribution in [3.8, 4) is 11.5 Å². The van der Waals surface area contributed by atoms with Crippen LogP contribution in [0.2, 0.25) is 0 Å². The fraction of sp³-hybridized carbons (Fsp3) is 0.161. The lowest BCUT2D eigenvalue weighted by molar-refractivity contribution is 0.0906. The van der Waals surface area contributed by atoms with E-state index in [0.717, 1.165) is 48.9 Å². The van der Waals surface area contributed by atoms with Crippen molar-refractivity contribution in [2.45, 2.75) is 13.0 Å². The molecule has 1 heterocycles. The predicted octanol–water partition coefficient (Wildman–Crippen LogP) is 6.97. The Morgan fingerprint density at radius 1 is 0.735 bits per heavy atom. The third kappa shape index (κ3) is 5.56. The van der Waals surface area contributed by atoms with Crippen molar-refractivity contribution in [3.05, 3.63) is 138 Å². The van der Waals surface area contributed by atoms with Crippen LogP contribution in [-0.2, 0) is 17.7 Å². The first-order valence-corrected chi connectivity index (χ1v) is 11.8. The molecule has 0 aliphatic carbocycles. The van der Waals surface area contributed by atoms with E-state index in [-0.39, 0.29) is 0 Å². The van der Waals surface area contributed by atoms with Gasteiger partial charge in [-0.05, 0) is 34.9 Å². The molecule has 1 aliphatic heterocycles. The van der Waals surface area contributed by atoms with Crippen molar-refractivity contribution in [2.24, 2.45) is 0 Å². The zero-order valence-corrected chi connectivity index (χ0v) is 19.3. The van der Waals surface area contributed by atoms with Gasteiger partial charge in [0, 0.05) is 25.1 Å². The molecule has 0 atom stereocenters. The van der Waals surface area contributed by atoms with E-state index in [1.807, 2.05) is 42.5 Å². The zero-order chi connectivity index (χ0) is 23.0. The van der Waals surface area contributed by atoms with Crippen molar-refractivity contribution < 1.29 is 9.47 Å². The summed E-state index contributed by atoms with van der Waals surface area (Å²) in [6, 6.07) is 39.5. The second kappa shape index (κ2) is 10.9. The van der Waals surface area contributed by atoms with Gasteiger partial charge in [-0.3, -0.25) is 4.90 Å². The summed E-state index contributed by atoms with van der Waals surface area (Å²) in [5.74, 6) is 2.76. The summed E-state index contributed by atoms with van der Waals surface area (Å²) in [6.07, 6.45) is 0.738. The maximum atomic E-state index is 6.29. The Morgan fingerprint density at radius 3 is 2.15 bits per heavy atom. The molecule has 3 heteroatoms. The van der Waals surface area contributed by atoms with E-state index in [4.69, 9.17) is 9.47 Å². The highest BCUT2D eigenvalue weighted by Gasteiger charge is 2.21. The minimum absolute atomic E-state index is 0.695. The average molecular weight is 448 g/mol. The summed E-state index contributed by atoms with van der Waals surface area (Å²) < 4.78 is 12.5. The molecule has 0 radical (unpaired) electrons. The quantitative estimate of drug-likeness (QED) is 0.305. The number of benzene rings is 4. The van der Waals surface area contributed by atoms with Gasteiger partial charge in [-0.1, -0.05) is 97.1 Å². The van der Waals surface area contributed by atoms with Crippen LogP contribution in [-0.4, -0.2) is 24.6 Å². The van der Waals surface area contributed by atoms with Crippen LogP contribution in [0.1, 0.15) is 16.7 Å². The van der Waals surface area contributed by atoms with E-state index in [2.05, 4.69) is 77.7 Å². The van der Waals surface area contributed by atoms with Gasteiger partial charge in [0.1, 0.15) is 23.9 Å². The predicted molar refractivity (Wildman–Crippen MR) is 138 cm³/mol. The number of morpholine rings is 1. The zero-order valence-electron chi connectivity index (χ0n) is 19.3. The Bertz CT molecular complexity index is 1220. The van der Waals surface area contributed by atoms with E-state index in [1.54, 1.807) is 0 Å². The highest BCUT2D eigenvalue weighted by Crippen LogP contribution is 2.32. The Labute approximate surface area is 201 Å². The van der Waals surface area contributed by atoms with E-state index in [0.29, 0.717) is 6.61 Å². The molecule has 0 unspecified atom stereocenters. The number of rotatable bonds is 7. The second-order valence-electron chi connectivity index (χ2n) is 8.51. The molecule has 4 aromatic carbocycles. The molecule has 0 bridgehead atoms. The third-order valence-corrected chi connectivity index (χ3v) is 6.07. The van der Waals surface area contributed by atoms with Crippen LogP contribution in [0.4, 0.5) is 0 Å².